The van der Waals surface area contributed by atoms with Crippen molar-refractivity contribution < 1.29 is 9.90 Å². The van der Waals surface area contributed by atoms with Gasteiger partial charge in [0.15, 0.2) is 5.82 Å². The zero-order valence-electron chi connectivity index (χ0n) is 9.76. The molecule has 2 rings (SSSR count). The van der Waals surface area contributed by atoms with Crippen molar-refractivity contribution in [3.63, 3.8) is 0 Å². The van der Waals surface area contributed by atoms with Crippen molar-refractivity contribution in [1.29, 1.82) is 0 Å². The molecule has 0 bridgehead atoms. The minimum absolute atomic E-state index is 0.435. The normalized spacial score (nSPS) is 12.3. The maximum absolute atomic E-state index is 10.7. The van der Waals surface area contributed by atoms with Crippen molar-refractivity contribution in [2.75, 3.05) is 0 Å². The minimum Gasteiger partial charge on any atom is -0.481 e. The van der Waals surface area contributed by atoms with Gasteiger partial charge in [0, 0.05) is 18.9 Å². The van der Waals surface area contributed by atoms with Crippen molar-refractivity contribution in [3.8, 4) is 11.4 Å². The summed E-state index contributed by atoms with van der Waals surface area (Å²) in [5.74, 6) is -0.727. The fourth-order valence-electron chi connectivity index (χ4n) is 1.42. The monoisotopic (exact) mass is 248 g/mol. The van der Waals surface area contributed by atoms with Gasteiger partial charge in [-0.05, 0) is 16.8 Å². The van der Waals surface area contributed by atoms with Gasteiger partial charge in [-0.25, -0.2) is 14.6 Å². The molecule has 8 nitrogen and oxygen atoms in total. The first-order valence-corrected chi connectivity index (χ1v) is 5.43. The largest absolute Gasteiger partial charge is 0.481 e. The predicted molar refractivity (Wildman–Crippen MR) is 60.3 cm³/mol. The molecule has 0 aromatic carbocycles. The van der Waals surface area contributed by atoms with E-state index in [-0.39, 0.29) is 0 Å². The minimum atomic E-state index is -0.826. The molecule has 0 amide bonds. The molecule has 0 aliphatic heterocycles. The average molecular weight is 248 g/mol. The summed E-state index contributed by atoms with van der Waals surface area (Å²) in [5.41, 5.74) is 0.700. The number of carboxylic acids is 1. The molecular formula is C10H12N6O2. The standard InChI is InChI=1S/C10H12N6O2/c1-7(10(17)18)2-3-16-9(13-14-15-16)8-4-11-6-12-5-8/h4-7H,2-3H2,1H3,(H,17,18). The van der Waals surface area contributed by atoms with Crippen molar-refractivity contribution in [3.05, 3.63) is 18.7 Å². The van der Waals surface area contributed by atoms with Gasteiger partial charge < -0.3 is 5.11 Å². The van der Waals surface area contributed by atoms with Crippen LogP contribution in [0.2, 0.25) is 0 Å². The Kier molecular flexibility index (Phi) is 3.56. The molecule has 8 heteroatoms. The number of aromatic nitrogens is 6. The van der Waals surface area contributed by atoms with Gasteiger partial charge in [-0.15, -0.1) is 5.10 Å². The number of aliphatic carboxylic acids is 1. The van der Waals surface area contributed by atoms with E-state index in [4.69, 9.17) is 5.11 Å². The van der Waals surface area contributed by atoms with Crippen LogP contribution in [0.25, 0.3) is 11.4 Å². The Balaban J connectivity index is 2.12. The molecular weight excluding hydrogens is 236 g/mol. The van der Waals surface area contributed by atoms with E-state index in [0.29, 0.717) is 24.4 Å². The molecule has 0 saturated heterocycles. The third-order valence-corrected chi connectivity index (χ3v) is 2.55. The van der Waals surface area contributed by atoms with E-state index in [2.05, 4.69) is 25.5 Å². The van der Waals surface area contributed by atoms with Gasteiger partial charge in [0.1, 0.15) is 6.33 Å². The Bertz CT molecular complexity index is 526. The molecule has 2 aromatic heterocycles. The van der Waals surface area contributed by atoms with Crippen LogP contribution in [0.5, 0.6) is 0 Å². The van der Waals surface area contributed by atoms with Crippen LogP contribution >= 0.6 is 0 Å². The summed E-state index contributed by atoms with van der Waals surface area (Å²) in [6.45, 7) is 2.09. The second kappa shape index (κ2) is 5.30. The fourth-order valence-corrected chi connectivity index (χ4v) is 1.42. The number of rotatable bonds is 5. The van der Waals surface area contributed by atoms with Gasteiger partial charge in [0.25, 0.3) is 0 Å². The van der Waals surface area contributed by atoms with E-state index in [1.54, 1.807) is 24.0 Å². The van der Waals surface area contributed by atoms with Crippen LogP contribution in [0.4, 0.5) is 0 Å². The van der Waals surface area contributed by atoms with E-state index < -0.39 is 11.9 Å². The Morgan fingerprint density at radius 1 is 1.44 bits per heavy atom. The van der Waals surface area contributed by atoms with Crippen molar-refractivity contribution >= 4 is 5.97 Å². The summed E-state index contributed by atoms with van der Waals surface area (Å²) < 4.78 is 1.55. The zero-order valence-corrected chi connectivity index (χ0v) is 9.76. The molecule has 2 heterocycles. The first-order chi connectivity index (χ1) is 8.68. The number of aryl methyl sites for hydroxylation is 1. The highest BCUT2D eigenvalue weighted by molar-refractivity contribution is 5.69. The predicted octanol–water partition coefficient (Wildman–Crippen LogP) is 0.241. The summed E-state index contributed by atoms with van der Waals surface area (Å²) in [4.78, 5) is 18.5. The van der Waals surface area contributed by atoms with Crippen LogP contribution in [0.15, 0.2) is 18.7 Å². The van der Waals surface area contributed by atoms with Gasteiger partial charge in [-0.2, -0.15) is 0 Å². The number of hydrogen-bond donors (Lipinski definition) is 1. The maximum atomic E-state index is 10.7. The van der Waals surface area contributed by atoms with E-state index in [0.717, 1.165) is 0 Å². The van der Waals surface area contributed by atoms with Gasteiger partial charge >= 0.3 is 5.97 Å². The highest BCUT2D eigenvalue weighted by atomic mass is 16.4. The lowest BCUT2D eigenvalue weighted by Gasteiger charge is -2.06. The number of tetrazole rings is 1. The number of carboxylic acid groups (broad SMARTS) is 1. The third-order valence-electron chi connectivity index (χ3n) is 2.55. The molecule has 0 radical (unpaired) electrons. The van der Waals surface area contributed by atoms with Crippen LogP contribution in [0, 0.1) is 5.92 Å². The van der Waals surface area contributed by atoms with Gasteiger partial charge in [-0.3, -0.25) is 4.79 Å². The highest BCUT2D eigenvalue weighted by Gasteiger charge is 2.14. The number of nitrogens with zero attached hydrogens (tertiary/aromatic N) is 6. The molecule has 1 atom stereocenters. The Morgan fingerprint density at radius 3 is 2.83 bits per heavy atom. The molecule has 1 N–H and O–H groups in total. The number of carbonyl (C=O) groups is 1. The van der Waals surface area contributed by atoms with Crippen molar-refractivity contribution in [2.45, 2.75) is 19.9 Å². The van der Waals surface area contributed by atoms with Crippen molar-refractivity contribution in [1.82, 2.24) is 30.2 Å². The number of hydrogen-bond acceptors (Lipinski definition) is 6. The first kappa shape index (κ1) is 12.1. The van der Waals surface area contributed by atoms with E-state index in [1.165, 1.54) is 6.33 Å². The van der Waals surface area contributed by atoms with Crippen LogP contribution < -0.4 is 0 Å². The molecule has 0 aliphatic rings. The molecule has 0 fully saturated rings. The second-order valence-corrected chi connectivity index (χ2v) is 3.88. The molecule has 2 aromatic rings. The van der Waals surface area contributed by atoms with Crippen LogP contribution in [0.3, 0.4) is 0 Å². The molecule has 94 valence electrons. The van der Waals surface area contributed by atoms with E-state index in [9.17, 15) is 4.79 Å². The summed E-state index contributed by atoms with van der Waals surface area (Å²) >= 11 is 0. The molecule has 18 heavy (non-hydrogen) atoms. The summed E-state index contributed by atoms with van der Waals surface area (Å²) in [6.07, 6.45) is 5.09. The topological polar surface area (TPSA) is 107 Å². The molecule has 0 aliphatic carbocycles. The second-order valence-electron chi connectivity index (χ2n) is 3.88. The van der Waals surface area contributed by atoms with Gasteiger partial charge in [0.2, 0.25) is 0 Å². The Labute approximate surface area is 103 Å². The van der Waals surface area contributed by atoms with Crippen LogP contribution in [-0.2, 0) is 11.3 Å². The zero-order chi connectivity index (χ0) is 13.0. The summed E-state index contributed by atoms with van der Waals surface area (Å²) in [5, 5.41) is 20.1. The fraction of sp³-hybridized carbons (Fsp3) is 0.400. The first-order valence-electron chi connectivity index (χ1n) is 5.43. The quantitative estimate of drug-likeness (QED) is 0.807. The van der Waals surface area contributed by atoms with Crippen molar-refractivity contribution in [2.24, 2.45) is 5.92 Å². The molecule has 0 spiro atoms. The van der Waals surface area contributed by atoms with Crippen LogP contribution in [0.1, 0.15) is 13.3 Å². The average Bonchev–Trinajstić information content (AvgIpc) is 2.85. The SMILES string of the molecule is CC(CCn1nnnc1-c1cncnc1)C(=O)O. The lowest BCUT2D eigenvalue weighted by atomic mass is 10.1. The highest BCUT2D eigenvalue weighted by Crippen LogP contribution is 2.14. The Hall–Kier alpha value is -2.38. The lowest BCUT2D eigenvalue weighted by molar-refractivity contribution is -0.141. The smallest absolute Gasteiger partial charge is 0.306 e. The summed E-state index contributed by atoms with van der Waals surface area (Å²) in [6, 6.07) is 0. The van der Waals surface area contributed by atoms with Gasteiger partial charge in [-0.1, -0.05) is 6.92 Å². The molecule has 0 saturated carbocycles. The van der Waals surface area contributed by atoms with Crippen LogP contribution in [-0.4, -0.2) is 41.3 Å². The Morgan fingerprint density at radius 2 is 2.17 bits per heavy atom. The third kappa shape index (κ3) is 2.65. The molecule has 1 unspecified atom stereocenters. The van der Waals surface area contributed by atoms with E-state index >= 15 is 0 Å². The van der Waals surface area contributed by atoms with Gasteiger partial charge in [0.05, 0.1) is 11.5 Å². The van der Waals surface area contributed by atoms with E-state index in [1.807, 2.05) is 0 Å². The maximum Gasteiger partial charge on any atom is 0.306 e. The summed E-state index contributed by atoms with van der Waals surface area (Å²) in [7, 11) is 0. The lowest BCUT2D eigenvalue weighted by Crippen LogP contribution is -2.14.